The van der Waals surface area contributed by atoms with Crippen molar-refractivity contribution in [3.63, 3.8) is 0 Å². The molecule has 136 valence electrons. The summed E-state index contributed by atoms with van der Waals surface area (Å²) in [7, 11) is 0. The molecule has 1 aromatic heterocycles. The number of ketones is 1. The molecule has 0 bridgehead atoms. The van der Waals surface area contributed by atoms with E-state index in [-0.39, 0.29) is 5.39 Å². The van der Waals surface area contributed by atoms with E-state index in [1.54, 1.807) is 0 Å². The van der Waals surface area contributed by atoms with Gasteiger partial charge in [-0.2, -0.15) is 26.3 Å². The lowest BCUT2D eigenvalue weighted by atomic mass is 9.81. The quantitative estimate of drug-likeness (QED) is 0.606. The number of aliphatic imine (C=N–C) groups is 1. The summed E-state index contributed by atoms with van der Waals surface area (Å²) in [6.07, 6.45) is -8.89. The molecule has 4 nitrogen and oxygen atoms in total. The van der Waals surface area contributed by atoms with Crippen LogP contribution in [0.3, 0.4) is 0 Å². The third kappa shape index (κ3) is 2.40. The van der Waals surface area contributed by atoms with Gasteiger partial charge in [-0.05, 0) is 18.2 Å². The SMILES string of the molecule is C=C1C=Nc2c(cc(C(=O)C(F)(F)F)c3ncccc23)C1(O)C(F)(F)F. The van der Waals surface area contributed by atoms with E-state index in [4.69, 9.17) is 0 Å². The van der Waals surface area contributed by atoms with Gasteiger partial charge in [0.2, 0.25) is 5.60 Å². The average molecular weight is 374 g/mol. The van der Waals surface area contributed by atoms with E-state index in [1.165, 1.54) is 6.07 Å². The number of halogens is 6. The number of carbonyl (C=O) groups is 1. The highest BCUT2D eigenvalue weighted by molar-refractivity contribution is 6.13. The van der Waals surface area contributed by atoms with Crippen LogP contribution in [0.4, 0.5) is 32.0 Å². The Bertz CT molecular complexity index is 977. The standard InChI is InChI=1S/C16H8F6N2O2/c1-7-6-24-12-8-3-2-4-23-11(8)9(13(25)15(17,18)19)5-10(12)14(7,26)16(20,21)22/h2-6,26H,1H2. The predicted molar refractivity (Wildman–Crippen MR) is 79.4 cm³/mol. The lowest BCUT2D eigenvalue weighted by Gasteiger charge is -2.35. The number of aliphatic hydroxyl groups is 1. The summed E-state index contributed by atoms with van der Waals surface area (Å²) in [5.41, 5.74) is -7.59. The molecule has 0 spiro atoms. The Balaban J connectivity index is 2.47. The normalized spacial score (nSPS) is 20.3. The number of alkyl halides is 6. The molecule has 2 heterocycles. The highest BCUT2D eigenvalue weighted by Gasteiger charge is 2.59. The number of aromatic nitrogens is 1. The monoisotopic (exact) mass is 374 g/mol. The molecule has 0 saturated heterocycles. The van der Waals surface area contributed by atoms with Crippen molar-refractivity contribution < 1.29 is 36.2 Å². The molecule has 1 aromatic carbocycles. The van der Waals surface area contributed by atoms with Crippen molar-refractivity contribution in [2.75, 3.05) is 0 Å². The zero-order chi connectivity index (χ0) is 19.5. The van der Waals surface area contributed by atoms with Crippen LogP contribution in [-0.4, -0.2) is 34.4 Å². The zero-order valence-electron chi connectivity index (χ0n) is 12.6. The minimum atomic E-state index is -5.34. The van der Waals surface area contributed by atoms with Crippen molar-refractivity contribution in [1.82, 2.24) is 4.98 Å². The average Bonchev–Trinajstić information content (AvgIpc) is 2.55. The second kappa shape index (κ2) is 5.37. The van der Waals surface area contributed by atoms with Gasteiger partial charge in [0, 0.05) is 28.9 Å². The van der Waals surface area contributed by atoms with E-state index < -0.39 is 51.6 Å². The van der Waals surface area contributed by atoms with Gasteiger partial charge in [0.15, 0.2) is 0 Å². The molecule has 0 aliphatic carbocycles. The van der Waals surface area contributed by atoms with Crippen LogP contribution >= 0.6 is 0 Å². The molecule has 1 aliphatic heterocycles. The third-order valence-electron chi connectivity index (χ3n) is 3.98. The van der Waals surface area contributed by atoms with Crippen LogP contribution in [-0.2, 0) is 5.60 Å². The zero-order valence-corrected chi connectivity index (χ0v) is 12.6. The number of hydrogen-bond acceptors (Lipinski definition) is 4. The summed E-state index contributed by atoms with van der Waals surface area (Å²) in [4.78, 5) is 19.1. The summed E-state index contributed by atoms with van der Waals surface area (Å²) < 4.78 is 79.2. The van der Waals surface area contributed by atoms with E-state index in [0.29, 0.717) is 12.3 Å². The first-order valence-corrected chi connectivity index (χ1v) is 6.95. The lowest BCUT2D eigenvalue weighted by molar-refractivity contribution is -0.247. The smallest absolute Gasteiger partial charge is 0.372 e. The number of nitrogens with zero attached hydrogens (tertiary/aromatic N) is 2. The topological polar surface area (TPSA) is 62.5 Å². The molecule has 1 atom stereocenters. The van der Waals surface area contributed by atoms with Gasteiger partial charge in [-0.1, -0.05) is 6.58 Å². The molecule has 1 aliphatic rings. The predicted octanol–water partition coefficient (Wildman–Crippen LogP) is 4.00. The van der Waals surface area contributed by atoms with Gasteiger partial charge in [-0.15, -0.1) is 0 Å². The van der Waals surface area contributed by atoms with Gasteiger partial charge in [0.05, 0.1) is 16.8 Å². The first kappa shape index (κ1) is 18.1. The fraction of sp³-hybridized carbons (Fsp3) is 0.188. The van der Waals surface area contributed by atoms with Crippen LogP contribution in [0.25, 0.3) is 10.9 Å². The molecular formula is C16H8F6N2O2. The van der Waals surface area contributed by atoms with Crippen molar-refractivity contribution >= 4 is 28.6 Å². The maximum Gasteiger partial charge on any atom is 0.454 e. The molecule has 26 heavy (non-hydrogen) atoms. The summed E-state index contributed by atoms with van der Waals surface area (Å²) in [5.74, 6) is -2.38. The molecule has 1 unspecified atom stereocenters. The third-order valence-corrected chi connectivity index (χ3v) is 3.98. The van der Waals surface area contributed by atoms with Crippen molar-refractivity contribution in [3.05, 3.63) is 47.7 Å². The first-order valence-electron chi connectivity index (χ1n) is 6.95. The van der Waals surface area contributed by atoms with Crippen molar-refractivity contribution in [3.8, 4) is 0 Å². The van der Waals surface area contributed by atoms with Gasteiger partial charge in [-0.3, -0.25) is 14.8 Å². The fourth-order valence-electron chi connectivity index (χ4n) is 2.72. The summed E-state index contributed by atoms with van der Waals surface area (Å²) >= 11 is 0. The maximum atomic E-state index is 13.5. The van der Waals surface area contributed by atoms with Crippen LogP contribution in [0.15, 0.2) is 41.5 Å². The number of benzene rings is 1. The molecule has 0 fully saturated rings. The Morgan fingerprint density at radius 3 is 2.42 bits per heavy atom. The first-order chi connectivity index (χ1) is 11.9. The van der Waals surface area contributed by atoms with E-state index in [0.717, 1.165) is 12.3 Å². The molecular weight excluding hydrogens is 366 g/mol. The van der Waals surface area contributed by atoms with Crippen LogP contribution in [0.2, 0.25) is 0 Å². The van der Waals surface area contributed by atoms with Crippen molar-refractivity contribution in [1.29, 1.82) is 0 Å². The Kier molecular flexibility index (Phi) is 3.73. The van der Waals surface area contributed by atoms with E-state index >= 15 is 0 Å². The highest BCUT2D eigenvalue weighted by Crippen LogP contribution is 2.51. The second-order valence-electron chi connectivity index (χ2n) is 5.54. The summed E-state index contributed by atoms with van der Waals surface area (Å²) in [5, 5.41) is 10.0. The molecule has 0 amide bonds. The van der Waals surface area contributed by atoms with Gasteiger partial charge < -0.3 is 5.11 Å². The minimum absolute atomic E-state index is 0.232. The Morgan fingerprint density at radius 1 is 1.19 bits per heavy atom. The van der Waals surface area contributed by atoms with Gasteiger partial charge in [-0.25, -0.2) is 0 Å². The van der Waals surface area contributed by atoms with Crippen molar-refractivity contribution in [2.24, 2.45) is 4.99 Å². The van der Waals surface area contributed by atoms with E-state index in [9.17, 15) is 36.2 Å². The number of Topliss-reactive ketones (excluding diaryl/α,β-unsaturated/α-hetero) is 1. The van der Waals surface area contributed by atoms with E-state index in [1.807, 2.05) is 0 Å². The van der Waals surface area contributed by atoms with Crippen LogP contribution < -0.4 is 0 Å². The summed E-state index contributed by atoms with van der Waals surface area (Å²) in [6, 6.07) is 2.75. The van der Waals surface area contributed by atoms with Gasteiger partial charge in [0.25, 0.3) is 5.78 Å². The Labute approximate surface area is 141 Å². The maximum absolute atomic E-state index is 13.5. The van der Waals surface area contributed by atoms with Gasteiger partial charge in [0.1, 0.15) is 0 Å². The van der Waals surface area contributed by atoms with Gasteiger partial charge >= 0.3 is 12.4 Å². The molecule has 1 N–H and O–H groups in total. The molecule has 2 aromatic rings. The number of rotatable bonds is 1. The Morgan fingerprint density at radius 2 is 1.85 bits per heavy atom. The molecule has 3 rings (SSSR count). The lowest BCUT2D eigenvalue weighted by Crippen LogP contribution is -2.45. The largest absolute Gasteiger partial charge is 0.454 e. The number of hydrogen-bond donors (Lipinski definition) is 1. The van der Waals surface area contributed by atoms with Crippen molar-refractivity contribution in [2.45, 2.75) is 18.0 Å². The number of carbonyl (C=O) groups excluding carboxylic acids is 1. The van der Waals surface area contributed by atoms with Crippen LogP contribution in [0.5, 0.6) is 0 Å². The van der Waals surface area contributed by atoms with E-state index in [2.05, 4.69) is 16.6 Å². The number of fused-ring (bicyclic) bond motifs is 3. The van der Waals surface area contributed by atoms with Crippen LogP contribution in [0, 0.1) is 0 Å². The summed E-state index contributed by atoms with van der Waals surface area (Å²) in [6.45, 7) is 3.09. The molecule has 10 heteroatoms. The second-order valence-corrected chi connectivity index (χ2v) is 5.54. The minimum Gasteiger partial charge on any atom is -0.372 e. The Hall–Kier alpha value is -2.75. The van der Waals surface area contributed by atoms with Crippen LogP contribution in [0.1, 0.15) is 15.9 Å². The molecule has 0 saturated carbocycles. The number of pyridine rings is 1. The fourth-order valence-corrected chi connectivity index (χ4v) is 2.72. The highest BCUT2D eigenvalue weighted by atomic mass is 19.4. The molecule has 0 radical (unpaired) electrons.